The smallest absolute Gasteiger partial charge is 0.147 e. The van der Waals surface area contributed by atoms with Crippen LogP contribution in [0.25, 0.3) is 0 Å². The highest BCUT2D eigenvalue weighted by Crippen LogP contribution is 2.31. The highest BCUT2D eigenvalue weighted by atomic mass is 15.3. The lowest BCUT2D eigenvalue weighted by atomic mass is 10.2. The molecule has 0 spiro atoms. The van der Waals surface area contributed by atoms with Gasteiger partial charge in [0.2, 0.25) is 0 Å². The van der Waals surface area contributed by atoms with Crippen molar-refractivity contribution in [3.8, 4) is 0 Å². The highest BCUT2D eigenvalue weighted by molar-refractivity contribution is 4.99. The molecule has 0 amide bonds. The average Bonchev–Trinajstić information content (AvgIpc) is 2.82. The van der Waals surface area contributed by atoms with Gasteiger partial charge in [-0.15, -0.1) is 10.2 Å². The highest BCUT2D eigenvalue weighted by Gasteiger charge is 2.24. The summed E-state index contributed by atoms with van der Waals surface area (Å²) in [4.78, 5) is 0. The maximum absolute atomic E-state index is 4.31. The fourth-order valence-electron chi connectivity index (χ4n) is 2.69. The summed E-state index contributed by atoms with van der Waals surface area (Å²) in [5.41, 5.74) is 0. The van der Waals surface area contributed by atoms with Gasteiger partial charge in [0.15, 0.2) is 0 Å². The van der Waals surface area contributed by atoms with E-state index in [0.29, 0.717) is 6.04 Å². The molecule has 1 aromatic rings. The van der Waals surface area contributed by atoms with E-state index in [1.54, 1.807) is 0 Å². The van der Waals surface area contributed by atoms with Crippen molar-refractivity contribution < 1.29 is 0 Å². The Hall–Kier alpha value is -0.900. The van der Waals surface area contributed by atoms with Gasteiger partial charge in [0.25, 0.3) is 0 Å². The van der Waals surface area contributed by atoms with Crippen LogP contribution in [0.4, 0.5) is 0 Å². The Morgan fingerprint density at radius 1 is 1.19 bits per heavy atom. The third-order valence-corrected chi connectivity index (χ3v) is 3.75. The number of nitrogens with zero attached hydrogens (tertiary/aromatic N) is 3. The van der Waals surface area contributed by atoms with Gasteiger partial charge in [0.1, 0.15) is 11.6 Å². The molecular formula is C12H20N4. The number of hydrogen-bond donors (Lipinski definition) is 1. The average molecular weight is 220 g/mol. The fourth-order valence-corrected chi connectivity index (χ4v) is 2.69. The van der Waals surface area contributed by atoms with Crippen LogP contribution in [-0.4, -0.2) is 20.8 Å². The van der Waals surface area contributed by atoms with Gasteiger partial charge in [-0.25, -0.2) is 0 Å². The van der Waals surface area contributed by atoms with Crippen LogP contribution in [0, 0.1) is 6.92 Å². The molecule has 4 heteroatoms. The molecule has 0 radical (unpaired) electrons. The summed E-state index contributed by atoms with van der Waals surface area (Å²) < 4.78 is 2.36. The van der Waals surface area contributed by atoms with Gasteiger partial charge >= 0.3 is 0 Å². The first kappa shape index (κ1) is 10.3. The molecule has 1 aromatic heterocycles. The van der Waals surface area contributed by atoms with Gasteiger partial charge in [0.05, 0.1) is 6.54 Å². The zero-order valence-electron chi connectivity index (χ0n) is 9.95. The molecule has 0 bridgehead atoms. The molecule has 0 atom stereocenters. The molecule has 0 aromatic carbocycles. The minimum absolute atomic E-state index is 0.658. The van der Waals surface area contributed by atoms with Gasteiger partial charge in [-0.2, -0.15) is 0 Å². The molecule has 2 fully saturated rings. The Balaban J connectivity index is 1.74. The first-order valence-electron chi connectivity index (χ1n) is 6.48. The second kappa shape index (κ2) is 4.17. The van der Waals surface area contributed by atoms with Crippen LogP contribution in [0.15, 0.2) is 0 Å². The minimum Gasteiger partial charge on any atom is -0.311 e. The van der Waals surface area contributed by atoms with Crippen molar-refractivity contribution in [2.24, 2.45) is 0 Å². The van der Waals surface area contributed by atoms with Crippen LogP contribution in [-0.2, 0) is 6.54 Å². The van der Waals surface area contributed by atoms with E-state index >= 15 is 0 Å². The van der Waals surface area contributed by atoms with Crippen molar-refractivity contribution in [2.75, 3.05) is 0 Å². The molecule has 1 heterocycles. The predicted octanol–water partition coefficient (Wildman–Crippen LogP) is 1.95. The number of nitrogens with one attached hydrogen (secondary N) is 1. The molecule has 2 aliphatic carbocycles. The summed E-state index contributed by atoms with van der Waals surface area (Å²) in [6.45, 7) is 2.97. The van der Waals surface area contributed by atoms with E-state index in [0.717, 1.165) is 24.2 Å². The van der Waals surface area contributed by atoms with Crippen LogP contribution < -0.4 is 5.32 Å². The summed E-state index contributed by atoms with van der Waals surface area (Å²) in [6.07, 6.45) is 7.98. The lowest BCUT2D eigenvalue weighted by molar-refractivity contribution is 0.474. The lowest BCUT2D eigenvalue weighted by Crippen LogP contribution is -2.20. The molecule has 0 aliphatic heterocycles. The molecular weight excluding hydrogens is 200 g/mol. The van der Waals surface area contributed by atoms with E-state index in [-0.39, 0.29) is 0 Å². The Labute approximate surface area is 96.4 Å². The summed E-state index contributed by atoms with van der Waals surface area (Å²) >= 11 is 0. The zero-order valence-corrected chi connectivity index (χ0v) is 9.95. The predicted molar refractivity (Wildman–Crippen MR) is 62.1 cm³/mol. The SMILES string of the molecule is Cc1nnc(CNC2CC2)n1C1CCCC1. The molecule has 2 aliphatic rings. The number of hydrogen-bond acceptors (Lipinski definition) is 3. The van der Waals surface area contributed by atoms with Crippen LogP contribution in [0.5, 0.6) is 0 Å². The number of rotatable bonds is 4. The fraction of sp³-hybridized carbons (Fsp3) is 0.833. The number of aromatic nitrogens is 3. The Morgan fingerprint density at radius 3 is 2.62 bits per heavy atom. The van der Waals surface area contributed by atoms with E-state index in [2.05, 4.69) is 27.0 Å². The van der Waals surface area contributed by atoms with Crippen LogP contribution in [0.1, 0.15) is 56.2 Å². The Kier molecular flexibility index (Phi) is 2.67. The van der Waals surface area contributed by atoms with Gasteiger partial charge in [-0.1, -0.05) is 12.8 Å². The van der Waals surface area contributed by atoms with Crippen LogP contribution >= 0.6 is 0 Å². The van der Waals surface area contributed by atoms with Gasteiger partial charge in [0, 0.05) is 12.1 Å². The van der Waals surface area contributed by atoms with Crippen molar-refractivity contribution in [2.45, 2.75) is 64.1 Å². The summed E-state index contributed by atoms with van der Waals surface area (Å²) in [6, 6.07) is 1.40. The molecule has 2 saturated carbocycles. The molecule has 4 nitrogen and oxygen atoms in total. The van der Waals surface area contributed by atoms with Crippen LogP contribution in [0.2, 0.25) is 0 Å². The number of aryl methyl sites for hydroxylation is 1. The minimum atomic E-state index is 0.658. The van der Waals surface area contributed by atoms with Crippen molar-refractivity contribution >= 4 is 0 Å². The van der Waals surface area contributed by atoms with E-state index in [1.807, 2.05) is 0 Å². The second-order valence-electron chi connectivity index (χ2n) is 5.13. The summed E-state index contributed by atoms with van der Waals surface area (Å²) in [7, 11) is 0. The van der Waals surface area contributed by atoms with Crippen molar-refractivity contribution in [3.63, 3.8) is 0 Å². The summed E-state index contributed by atoms with van der Waals surface area (Å²) in [5.74, 6) is 2.22. The standard InChI is InChI=1S/C12H20N4/c1-9-14-15-12(8-13-10-6-7-10)16(9)11-4-2-3-5-11/h10-11,13H,2-8H2,1H3. The maximum atomic E-state index is 4.31. The Morgan fingerprint density at radius 2 is 1.94 bits per heavy atom. The lowest BCUT2D eigenvalue weighted by Gasteiger charge is -2.15. The monoisotopic (exact) mass is 220 g/mol. The van der Waals surface area contributed by atoms with E-state index < -0.39 is 0 Å². The van der Waals surface area contributed by atoms with Crippen molar-refractivity contribution in [1.29, 1.82) is 0 Å². The maximum Gasteiger partial charge on any atom is 0.147 e. The Bertz CT molecular complexity index is 361. The second-order valence-corrected chi connectivity index (χ2v) is 5.13. The van der Waals surface area contributed by atoms with Gasteiger partial charge < -0.3 is 9.88 Å². The van der Waals surface area contributed by atoms with Crippen molar-refractivity contribution in [3.05, 3.63) is 11.6 Å². The first-order valence-corrected chi connectivity index (χ1v) is 6.48. The van der Waals surface area contributed by atoms with Gasteiger partial charge in [-0.3, -0.25) is 0 Å². The van der Waals surface area contributed by atoms with Crippen molar-refractivity contribution in [1.82, 2.24) is 20.1 Å². The van der Waals surface area contributed by atoms with E-state index in [4.69, 9.17) is 0 Å². The topological polar surface area (TPSA) is 42.7 Å². The molecule has 0 saturated heterocycles. The molecule has 0 unspecified atom stereocenters. The summed E-state index contributed by atoms with van der Waals surface area (Å²) in [5, 5.41) is 12.1. The normalized spacial score (nSPS) is 21.8. The van der Waals surface area contributed by atoms with Crippen LogP contribution in [0.3, 0.4) is 0 Å². The van der Waals surface area contributed by atoms with E-state index in [9.17, 15) is 0 Å². The zero-order chi connectivity index (χ0) is 11.0. The first-order chi connectivity index (χ1) is 7.84. The third-order valence-electron chi connectivity index (χ3n) is 3.75. The molecule has 1 N–H and O–H groups in total. The molecule has 88 valence electrons. The molecule has 16 heavy (non-hydrogen) atoms. The quantitative estimate of drug-likeness (QED) is 0.843. The largest absolute Gasteiger partial charge is 0.311 e. The third kappa shape index (κ3) is 1.98. The van der Waals surface area contributed by atoms with Gasteiger partial charge in [-0.05, 0) is 32.6 Å². The van der Waals surface area contributed by atoms with E-state index in [1.165, 1.54) is 38.5 Å². The molecule has 3 rings (SSSR count).